The van der Waals surface area contributed by atoms with Gasteiger partial charge < -0.3 is 4.90 Å². The first kappa shape index (κ1) is 18.8. The highest BCUT2D eigenvalue weighted by Gasteiger charge is 2.05. The van der Waals surface area contributed by atoms with Gasteiger partial charge in [0.15, 0.2) is 0 Å². The average Bonchev–Trinajstić information content (AvgIpc) is 2.93. The summed E-state index contributed by atoms with van der Waals surface area (Å²) in [5, 5.41) is 4.76. The summed E-state index contributed by atoms with van der Waals surface area (Å²) in [6.45, 7) is 5.73. The monoisotopic (exact) mass is 377 g/mol. The number of hydrogen-bond acceptors (Lipinski definition) is 2. The number of fused-ring (bicyclic) bond motifs is 2. The van der Waals surface area contributed by atoms with Crippen LogP contribution in [0.3, 0.4) is 0 Å². The quantitative estimate of drug-likeness (QED) is 0.342. The molecule has 4 rings (SSSR count). The first-order valence-electron chi connectivity index (χ1n) is 10.0. The first-order chi connectivity index (χ1) is 14.2. The highest BCUT2D eigenvalue weighted by atomic mass is 16.1. The third-order valence-electron chi connectivity index (χ3n) is 5.28. The molecule has 0 N–H and O–H groups in total. The molecular weight excluding hydrogens is 354 g/mol. The van der Waals surface area contributed by atoms with E-state index in [2.05, 4.69) is 73.1 Å². The van der Waals surface area contributed by atoms with Crippen LogP contribution in [0.4, 0.5) is 5.69 Å². The van der Waals surface area contributed by atoms with Gasteiger partial charge in [-0.2, -0.15) is 0 Å². The van der Waals surface area contributed by atoms with Gasteiger partial charge in [-0.05, 0) is 77.9 Å². The fraction of sp³-hybridized carbons (Fsp3) is 0.148. The largest absolute Gasteiger partial charge is 0.369 e. The van der Waals surface area contributed by atoms with Gasteiger partial charge in [0.05, 0.1) is 5.69 Å². The number of rotatable bonds is 3. The van der Waals surface area contributed by atoms with Crippen LogP contribution in [0, 0.1) is 11.8 Å². The Kier molecular flexibility index (Phi) is 5.31. The molecule has 0 radical (unpaired) electrons. The zero-order valence-electron chi connectivity index (χ0n) is 16.8. The van der Waals surface area contributed by atoms with Crippen molar-refractivity contribution >= 4 is 27.2 Å². The summed E-state index contributed by atoms with van der Waals surface area (Å²) in [4.78, 5) is 14.5. The van der Waals surface area contributed by atoms with Crippen LogP contribution >= 0.6 is 0 Å². The van der Waals surface area contributed by atoms with E-state index in [9.17, 15) is 4.79 Å². The predicted molar refractivity (Wildman–Crippen MR) is 124 cm³/mol. The standard InChI is InChI=1S/C27H23NO/c1-3-28(4-2)26-16-13-20(14-17-27(26)29)12-15-21-10-7-11-24-18-22-8-5-6-9-23(22)19-25(21)24/h5-11,13-14,16-19H,3-4H2,1-2H3. The van der Waals surface area contributed by atoms with E-state index >= 15 is 0 Å². The van der Waals surface area contributed by atoms with Crippen molar-refractivity contribution in [2.45, 2.75) is 13.8 Å². The molecule has 0 atom stereocenters. The van der Waals surface area contributed by atoms with Crippen LogP contribution in [-0.2, 0) is 0 Å². The third-order valence-corrected chi connectivity index (χ3v) is 5.28. The number of nitrogens with zero attached hydrogens (tertiary/aromatic N) is 1. The van der Waals surface area contributed by atoms with Gasteiger partial charge in [0.25, 0.3) is 0 Å². The van der Waals surface area contributed by atoms with Crippen molar-refractivity contribution in [3.8, 4) is 11.8 Å². The molecule has 0 aliphatic rings. The van der Waals surface area contributed by atoms with Crippen molar-refractivity contribution in [1.29, 1.82) is 0 Å². The third kappa shape index (κ3) is 3.86. The van der Waals surface area contributed by atoms with E-state index in [4.69, 9.17) is 0 Å². The lowest BCUT2D eigenvalue weighted by molar-refractivity contribution is 0.863. The molecule has 0 fully saturated rings. The van der Waals surface area contributed by atoms with Crippen molar-refractivity contribution < 1.29 is 0 Å². The maximum Gasteiger partial charge on any atom is 0.201 e. The first-order valence-corrected chi connectivity index (χ1v) is 10.0. The zero-order valence-corrected chi connectivity index (χ0v) is 16.8. The summed E-state index contributed by atoms with van der Waals surface area (Å²) < 4.78 is 0. The van der Waals surface area contributed by atoms with Gasteiger partial charge in [-0.1, -0.05) is 48.2 Å². The molecule has 0 unspecified atom stereocenters. The topological polar surface area (TPSA) is 20.3 Å². The van der Waals surface area contributed by atoms with Gasteiger partial charge >= 0.3 is 0 Å². The van der Waals surface area contributed by atoms with E-state index in [1.165, 1.54) is 16.2 Å². The maximum absolute atomic E-state index is 12.4. The van der Waals surface area contributed by atoms with Crippen LogP contribution in [0.25, 0.3) is 21.5 Å². The Morgan fingerprint density at radius 1 is 0.724 bits per heavy atom. The van der Waals surface area contributed by atoms with E-state index < -0.39 is 0 Å². The molecule has 0 heterocycles. The summed E-state index contributed by atoms with van der Waals surface area (Å²) in [5.74, 6) is 6.56. The molecule has 2 nitrogen and oxygen atoms in total. The lowest BCUT2D eigenvalue weighted by Crippen LogP contribution is -2.26. The van der Waals surface area contributed by atoms with Crippen molar-refractivity contribution in [2.24, 2.45) is 0 Å². The molecule has 0 aliphatic carbocycles. The predicted octanol–water partition coefficient (Wildman–Crippen LogP) is 5.60. The fourth-order valence-corrected chi connectivity index (χ4v) is 3.68. The van der Waals surface area contributed by atoms with Crippen LogP contribution in [0.15, 0.2) is 83.7 Å². The molecule has 0 saturated heterocycles. The Hall–Kier alpha value is -3.57. The molecule has 0 aromatic heterocycles. The van der Waals surface area contributed by atoms with E-state index in [1.807, 2.05) is 30.3 Å². The van der Waals surface area contributed by atoms with Crippen LogP contribution in [-0.4, -0.2) is 13.1 Å². The van der Waals surface area contributed by atoms with Crippen LogP contribution in [0.2, 0.25) is 0 Å². The van der Waals surface area contributed by atoms with E-state index in [0.29, 0.717) is 0 Å². The van der Waals surface area contributed by atoms with Gasteiger partial charge in [0.1, 0.15) is 0 Å². The van der Waals surface area contributed by atoms with Crippen LogP contribution in [0.1, 0.15) is 25.0 Å². The minimum Gasteiger partial charge on any atom is -0.369 e. The molecule has 0 spiro atoms. The summed E-state index contributed by atoms with van der Waals surface area (Å²) in [6, 6.07) is 26.2. The molecule has 2 heteroatoms. The molecule has 4 aromatic carbocycles. The second-order valence-electron chi connectivity index (χ2n) is 7.02. The van der Waals surface area contributed by atoms with Gasteiger partial charge in [0, 0.05) is 24.2 Å². The average molecular weight is 377 g/mol. The smallest absolute Gasteiger partial charge is 0.201 e. The molecule has 0 amide bonds. The summed E-state index contributed by atoms with van der Waals surface area (Å²) >= 11 is 0. The van der Waals surface area contributed by atoms with Gasteiger partial charge in [-0.25, -0.2) is 0 Å². The molecule has 0 saturated carbocycles. The van der Waals surface area contributed by atoms with E-state index in [1.54, 1.807) is 6.07 Å². The normalized spacial score (nSPS) is 10.6. The Morgan fingerprint density at radius 2 is 1.41 bits per heavy atom. The highest BCUT2D eigenvalue weighted by Crippen LogP contribution is 2.25. The lowest BCUT2D eigenvalue weighted by atomic mass is 10.00. The molecule has 29 heavy (non-hydrogen) atoms. The van der Waals surface area contributed by atoms with Gasteiger partial charge in [-0.3, -0.25) is 4.79 Å². The van der Waals surface area contributed by atoms with Gasteiger partial charge in [-0.15, -0.1) is 0 Å². The minimum atomic E-state index is 0.0263. The molecule has 0 aliphatic heterocycles. The molecule has 0 bridgehead atoms. The highest BCUT2D eigenvalue weighted by molar-refractivity contribution is 6.00. The maximum atomic E-state index is 12.4. The number of hydrogen-bond donors (Lipinski definition) is 0. The summed E-state index contributed by atoms with van der Waals surface area (Å²) in [5.41, 5.74) is 2.57. The number of benzene rings is 3. The Labute approximate surface area is 171 Å². The second kappa shape index (κ2) is 8.20. The van der Waals surface area contributed by atoms with Crippen LogP contribution < -0.4 is 10.3 Å². The number of anilines is 1. The van der Waals surface area contributed by atoms with E-state index in [-0.39, 0.29) is 5.43 Å². The van der Waals surface area contributed by atoms with Gasteiger partial charge in [0.2, 0.25) is 5.43 Å². The Morgan fingerprint density at radius 3 is 2.17 bits per heavy atom. The molecule has 4 aromatic rings. The van der Waals surface area contributed by atoms with Crippen molar-refractivity contribution in [3.05, 3.63) is 100 Å². The van der Waals surface area contributed by atoms with Crippen molar-refractivity contribution in [2.75, 3.05) is 18.0 Å². The minimum absolute atomic E-state index is 0.0263. The second-order valence-corrected chi connectivity index (χ2v) is 7.02. The van der Waals surface area contributed by atoms with E-state index in [0.717, 1.165) is 35.3 Å². The van der Waals surface area contributed by atoms with Crippen molar-refractivity contribution in [1.82, 2.24) is 0 Å². The molecular formula is C27H23NO. The lowest BCUT2D eigenvalue weighted by Gasteiger charge is -2.18. The van der Waals surface area contributed by atoms with Crippen LogP contribution in [0.5, 0.6) is 0 Å². The molecule has 142 valence electrons. The fourth-order valence-electron chi connectivity index (χ4n) is 3.68. The Balaban J connectivity index is 1.78. The SMILES string of the molecule is CCN(CC)c1ccc(C#Cc2cccc3cc4ccccc4cc23)ccc1=O. The summed E-state index contributed by atoms with van der Waals surface area (Å²) in [7, 11) is 0. The summed E-state index contributed by atoms with van der Waals surface area (Å²) in [6.07, 6.45) is 0. The Bertz CT molecular complexity index is 1310. The zero-order chi connectivity index (χ0) is 20.2. The van der Waals surface area contributed by atoms with Crippen molar-refractivity contribution in [3.63, 3.8) is 0 Å².